The molecule has 6 N–H and O–H groups in total. The molecular formula is C33H30F4N6O5. The molecule has 48 heavy (non-hydrogen) atoms. The lowest BCUT2D eigenvalue weighted by Gasteiger charge is -2.31. The van der Waals surface area contributed by atoms with Crippen LogP contribution in [0.5, 0.6) is 5.75 Å². The molecule has 0 radical (unpaired) electrons. The van der Waals surface area contributed by atoms with E-state index in [4.69, 9.17) is 10.5 Å². The summed E-state index contributed by atoms with van der Waals surface area (Å²) in [6, 6.07) is 11.0. The maximum Gasteiger partial charge on any atom is 0.424 e. The Morgan fingerprint density at radius 2 is 1.77 bits per heavy atom. The second-order valence-electron chi connectivity index (χ2n) is 12.2. The van der Waals surface area contributed by atoms with Crippen LogP contribution >= 0.6 is 0 Å². The Hall–Kier alpha value is -5.31. The molecule has 0 unspecified atom stereocenters. The molecule has 4 amide bonds. The van der Waals surface area contributed by atoms with Crippen molar-refractivity contribution in [2.24, 2.45) is 5.73 Å². The van der Waals surface area contributed by atoms with Crippen LogP contribution in [0.3, 0.4) is 0 Å². The van der Waals surface area contributed by atoms with Gasteiger partial charge in [-0.1, -0.05) is 6.07 Å². The molecule has 6 rings (SSSR count). The minimum atomic E-state index is -5.40. The van der Waals surface area contributed by atoms with Crippen molar-refractivity contribution >= 4 is 34.4 Å². The first-order valence-corrected chi connectivity index (χ1v) is 14.9. The number of hydrogen-bond donors (Lipinski definition) is 5. The van der Waals surface area contributed by atoms with Gasteiger partial charge in [0.1, 0.15) is 29.3 Å². The molecule has 2 aliphatic rings. The molecule has 15 heteroatoms. The summed E-state index contributed by atoms with van der Waals surface area (Å²) in [5.74, 6) is -2.57. The summed E-state index contributed by atoms with van der Waals surface area (Å²) >= 11 is 0. The van der Waals surface area contributed by atoms with E-state index in [1.165, 1.54) is 31.2 Å². The molecule has 0 bridgehead atoms. The lowest BCUT2D eigenvalue weighted by atomic mass is 9.81. The standard InChI is InChI=1S/C33H30F4N6O5/c1-16-3-4-18-11-19(12-23(25(18)40-16)42-30(46)41-21-9-10-21)28(44)39-14-32(47,33(35,36)37)24-13-22-27(48-15-31(22,2)29(38)45)26(43-24)17-5-7-20(34)8-6-17/h3-8,11-13,21,47H,9-10,14-15H2,1-2H3,(H2,38,45)(H,39,44)(H2,41,42,46)/t31-,32-/m0/s1. The van der Waals surface area contributed by atoms with E-state index in [2.05, 4.69) is 25.9 Å². The number of nitrogens with one attached hydrogen (secondary N) is 3. The highest BCUT2D eigenvalue weighted by Crippen LogP contribution is 2.47. The van der Waals surface area contributed by atoms with Gasteiger partial charge >= 0.3 is 12.2 Å². The van der Waals surface area contributed by atoms with Crippen LogP contribution in [0.2, 0.25) is 0 Å². The number of anilines is 1. The van der Waals surface area contributed by atoms with Crippen molar-refractivity contribution in [1.82, 2.24) is 20.6 Å². The average molecular weight is 667 g/mol. The number of nitrogens with two attached hydrogens (primary N) is 1. The number of aromatic nitrogens is 2. The SMILES string of the molecule is Cc1ccc2cc(C(=O)NC[C@](O)(c3cc4c(c(-c5ccc(F)cc5)n3)OC[C@]4(C)C(N)=O)C(F)(F)F)cc(NC(=O)NC3CC3)c2n1. The van der Waals surface area contributed by atoms with E-state index in [0.717, 1.165) is 31.0 Å². The van der Waals surface area contributed by atoms with Crippen LogP contribution in [0.4, 0.5) is 28.0 Å². The minimum absolute atomic E-state index is 0.0290. The lowest BCUT2D eigenvalue weighted by Crippen LogP contribution is -2.51. The monoisotopic (exact) mass is 666 g/mol. The zero-order valence-corrected chi connectivity index (χ0v) is 25.7. The minimum Gasteiger partial charge on any atom is -0.489 e. The lowest BCUT2D eigenvalue weighted by molar-refractivity contribution is -0.265. The number of pyridine rings is 2. The molecule has 2 aromatic carbocycles. The van der Waals surface area contributed by atoms with Crippen molar-refractivity contribution in [1.29, 1.82) is 0 Å². The van der Waals surface area contributed by atoms with Gasteiger partial charge in [0.15, 0.2) is 0 Å². The Bertz CT molecular complexity index is 1970. The molecule has 3 heterocycles. The quantitative estimate of drug-likeness (QED) is 0.174. The summed E-state index contributed by atoms with van der Waals surface area (Å²) in [5, 5.41) is 19.3. The van der Waals surface area contributed by atoms with E-state index in [-0.39, 0.29) is 46.5 Å². The zero-order valence-electron chi connectivity index (χ0n) is 25.7. The number of aliphatic hydroxyl groups is 1. The second kappa shape index (κ2) is 11.7. The van der Waals surface area contributed by atoms with Crippen molar-refractivity contribution in [3.05, 3.63) is 82.9 Å². The third kappa shape index (κ3) is 5.96. The van der Waals surface area contributed by atoms with E-state index in [1.807, 2.05) is 0 Å². The summed E-state index contributed by atoms with van der Waals surface area (Å²) in [6.45, 7) is 1.40. The smallest absolute Gasteiger partial charge is 0.424 e. The van der Waals surface area contributed by atoms with Gasteiger partial charge in [0.05, 0.1) is 23.4 Å². The molecule has 250 valence electrons. The van der Waals surface area contributed by atoms with Crippen molar-refractivity contribution < 1.29 is 41.8 Å². The van der Waals surface area contributed by atoms with Gasteiger partial charge in [-0.3, -0.25) is 14.6 Å². The van der Waals surface area contributed by atoms with Gasteiger partial charge in [-0.15, -0.1) is 0 Å². The fourth-order valence-electron chi connectivity index (χ4n) is 5.38. The van der Waals surface area contributed by atoms with Gasteiger partial charge in [0, 0.05) is 33.8 Å². The number of nitrogens with zero attached hydrogens (tertiary/aromatic N) is 2. The van der Waals surface area contributed by atoms with Crippen molar-refractivity contribution in [2.75, 3.05) is 18.5 Å². The zero-order chi connectivity index (χ0) is 34.6. The molecule has 1 aliphatic heterocycles. The summed E-state index contributed by atoms with van der Waals surface area (Å²) in [7, 11) is 0. The maximum absolute atomic E-state index is 14.8. The Morgan fingerprint density at radius 1 is 1.06 bits per heavy atom. The van der Waals surface area contributed by atoms with Crippen LogP contribution in [-0.4, -0.2) is 58.3 Å². The number of ether oxygens (including phenoxy) is 1. The van der Waals surface area contributed by atoms with E-state index in [1.54, 1.807) is 19.1 Å². The summed E-state index contributed by atoms with van der Waals surface area (Å²) < 4.78 is 63.9. The summed E-state index contributed by atoms with van der Waals surface area (Å²) in [5.41, 5.74) is 0.182. The van der Waals surface area contributed by atoms with Gasteiger partial charge in [-0.25, -0.2) is 14.2 Å². The molecule has 0 saturated heterocycles. The molecule has 0 spiro atoms. The molecule has 1 fully saturated rings. The average Bonchev–Trinajstić information content (AvgIpc) is 3.78. The molecule has 2 atom stereocenters. The van der Waals surface area contributed by atoms with Crippen LogP contribution in [0.1, 0.15) is 47.1 Å². The Labute approximate surface area is 270 Å². The van der Waals surface area contributed by atoms with Crippen LogP contribution in [-0.2, 0) is 15.8 Å². The third-order valence-corrected chi connectivity index (χ3v) is 8.49. The number of alkyl halides is 3. The molecular weight excluding hydrogens is 636 g/mol. The van der Waals surface area contributed by atoms with Crippen molar-refractivity contribution in [2.45, 2.75) is 49.9 Å². The Kier molecular flexibility index (Phi) is 7.98. The molecule has 11 nitrogen and oxygen atoms in total. The second-order valence-corrected chi connectivity index (χ2v) is 12.2. The summed E-state index contributed by atoms with van der Waals surface area (Å²) in [4.78, 5) is 47.0. The Morgan fingerprint density at radius 3 is 2.42 bits per heavy atom. The highest BCUT2D eigenvalue weighted by Gasteiger charge is 2.57. The number of amides is 4. The topological polar surface area (TPSA) is 169 Å². The molecule has 4 aromatic rings. The fraction of sp³-hybridized carbons (Fsp3) is 0.303. The van der Waals surface area contributed by atoms with E-state index in [0.29, 0.717) is 16.6 Å². The largest absolute Gasteiger partial charge is 0.489 e. The number of primary amides is 1. The fourth-order valence-corrected chi connectivity index (χ4v) is 5.38. The number of carbonyl (C=O) groups is 3. The van der Waals surface area contributed by atoms with Gasteiger partial charge in [0.25, 0.3) is 5.91 Å². The van der Waals surface area contributed by atoms with Gasteiger partial charge in [-0.2, -0.15) is 13.2 Å². The normalized spacial score (nSPS) is 18.4. The van der Waals surface area contributed by atoms with E-state index in [9.17, 15) is 37.1 Å². The third-order valence-electron chi connectivity index (χ3n) is 8.49. The van der Waals surface area contributed by atoms with E-state index >= 15 is 0 Å². The predicted octanol–water partition coefficient (Wildman–Crippen LogP) is 4.34. The highest BCUT2D eigenvalue weighted by atomic mass is 19.4. The van der Waals surface area contributed by atoms with Crippen LogP contribution in [0, 0.1) is 12.7 Å². The molecule has 2 aromatic heterocycles. The van der Waals surface area contributed by atoms with Gasteiger partial charge < -0.3 is 31.5 Å². The number of fused-ring (bicyclic) bond motifs is 2. The van der Waals surface area contributed by atoms with Crippen LogP contribution in [0.15, 0.2) is 54.6 Å². The first-order valence-electron chi connectivity index (χ1n) is 14.9. The van der Waals surface area contributed by atoms with Gasteiger partial charge in [-0.05, 0) is 75.2 Å². The number of benzene rings is 2. The summed E-state index contributed by atoms with van der Waals surface area (Å²) in [6.07, 6.45) is -3.74. The number of urea groups is 1. The van der Waals surface area contributed by atoms with Crippen LogP contribution in [0.25, 0.3) is 22.2 Å². The number of rotatable bonds is 8. The first kappa shape index (κ1) is 32.6. The number of hydrogen-bond acceptors (Lipinski definition) is 7. The van der Waals surface area contributed by atoms with Crippen LogP contribution < -0.4 is 26.4 Å². The van der Waals surface area contributed by atoms with Gasteiger partial charge in [0.2, 0.25) is 11.5 Å². The number of carbonyl (C=O) groups excluding carboxylic acids is 3. The maximum atomic E-state index is 14.8. The van der Waals surface area contributed by atoms with Crippen molar-refractivity contribution in [3.63, 3.8) is 0 Å². The van der Waals surface area contributed by atoms with Crippen molar-refractivity contribution in [3.8, 4) is 17.0 Å². The number of halogens is 4. The highest BCUT2D eigenvalue weighted by molar-refractivity contribution is 6.05. The Balaban J connectivity index is 1.38. The molecule has 1 aliphatic carbocycles. The predicted molar refractivity (Wildman–Crippen MR) is 166 cm³/mol. The number of aryl methyl sites for hydroxylation is 1. The van der Waals surface area contributed by atoms with E-state index < -0.39 is 53.1 Å². The molecule has 1 saturated carbocycles. The first-order chi connectivity index (χ1) is 22.6.